The third-order valence-corrected chi connectivity index (χ3v) is 3.59. The Kier molecular flexibility index (Phi) is 4.60. The Morgan fingerprint density at radius 2 is 1.94 bits per heavy atom. The maximum atomic E-state index is 5.58. The van der Waals surface area contributed by atoms with Crippen LogP contribution in [-0.2, 0) is 4.74 Å². The van der Waals surface area contributed by atoms with Crippen LogP contribution >= 0.6 is 0 Å². The van der Waals surface area contributed by atoms with Gasteiger partial charge in [0.1, 0.15) is 5.84 Å². The third-order valence-electron chi connectivity index (χ3n) is 3.59. The van der Waals surface area contributed by atoms with Crippen molar-refractivity contribution in [3.8, 4) is 0 Å². The number of aliphatic imine (C=N–C) groups is 1. The predicted molar refractivity (Wildman–Crippen MR) is 65.2 cm³/mol. The van der Waals surface area contributed by atoms with Crippen LogP contribution in [0, 0.1) is 5.92 Å². The van der Waals surface area contributed by atoms with E-state index in [1.165, 1.54) is 32.1 Å². The molecule has 0 spiro atoms. The lowest BCUT2D eigenvalue weighted by Gasteiger charge is -2.26. The van der Waals surface area contributed by atoms with E-state index in [1.54, 1.807) is 0 Å². The van der Waals surface area contributed by atoms with Gasteiger partial charge in [-0.2, -0.15) is 0 Å². The van der Waals surface area contributed by atoms with Gasteiger partial charge in [-0.05, 0) is 25.7 Å². The molecule has 2 fully saturated rings. The summed E-state index contributed by atoms with van der Waals surface area (Å²) in [6.07, 6.45) is 8.70. The number of ether oxygens (including phenoxy) is 1. The van der Waals surface area contributed by atoms with E-state index >= 15 is 0 Å². The molecular weight excluding hydrogens is 202 g/mol. The summed E-state index contributed by atoms with van der Waals surface area (Å²) >= 11 is 0. The number of nitrogens with two attached hydrogens (primary N) is 1. The first-order valence-corrected chi connectivity index (χ1v) is 6.52. The van der Waals surface area contributed by atoms with Crippen molar-refractivity contribution in [2.45, 2.75) is 51.0 Å². The van der Waals surface area contributed by atoms with Crippen molar-refractivity contribution >= 4 is 5.84 Å². The molecule has 1 aliphatic heterocycles. The number of amidine groups is 1. The fraction of sp³-hybridized carbons (Fsp3) is 0.917. The van der Waals surface area contributed by atoms with Gasteiger partial charge < -0.3 is 10.2 Å². The first kappa shape index (κ1) is 11.9. The molecule has 1 aliphatic carbocycles. The second-order valence-corrected chi connectivity index (χ2v) is 4.86. The maximum Gasteiger partial charge on any atom is 0.116 e. The zero-order chi connectivity index (χ0) is 11.2. The average molecular weight is 225 g/mol. The molecule has 2 aliphatic rings. The lowest BCUT2D eigenvalue weighted by molar-refractivity contribution is 0.0757. The monoisotopic (exact) mass is 225 g/mol. The average Bonchev–Trinajstić information content (AvgIpc) is 2.38. The molecule has 0 aromatic rings. The molecule has 92 valence electrons. The van der Waals surface area contributed by atoms with E-state index in [4.69, 9.17) is 15.6 Å². The number of hydrogen-bond donors (Lipinski definition) is 2. The first-order chi connectivity index (χ1) is 7.90. The van der Waals surface area contributed by atoms with Gasteiger partial charge in [0, 0.05) is 12.5 Å². The van der Waals surface area contributed by atoms with Crippen molar-refractivity contribution < 1.29 is 4.74 Å². The summed E-state index contributed by atoms with van der Waals surface area (Å²) in [5.74, 6) is 6.94. The molecule has 3 N–H and O–H groups in total. The zero-order valence-corrected chi connectivity index (χ0v) is 9.95. The van der Waals surface area contributed by atoms with Gasteiger partial charge in [-0.15, -0.1) is 0 Å². The number of rotatable bonds is 2. The van der Waals surface area contributed by atoms with Crippen LogP contribution in [0.5, 0.6) is 0 Å². The highest BCUT2D eigenvalue weighted by Crippen LogP contribution is 2.22. The van der Waals surface area contributed by atoms with Gasteiger partial charge in [0.25, 0.3) is 0 Å². The fourth-order valence-electron chi connectivity index (χ4n) is 2.62. The van der Waals surface area contributed by atoms with Crippen LogP contribution in [-0.4, -0.2) is 25.1 Å². The van der Waals surface area contributed by atoms with Crippen molar-refractivity contribution in [3.05, 3.63) is 0 Å². The minimum Gasteiger partial charge on any atom is -0.381 e. The molecule has 0 aromatic heterocycles. The van der Waals surface area contributed by atoms with Crippen LogP contribution in [0.2, 0.25) is 0 Å². The summed E-state index contributed by atoms with van der Waals surface area (Å²) in [6.45, 7) is 1.66. The normalized spacial score (nSPS) is 29.1. The fourth-order valence-corrected chi connectivity index (χ4v) is 2.62. The Morgan fingerprint density at radius 3 is 2.56 bits per heavy atom. The van der Waals surface area contributed by atoms with E-state index in [-0.39, 0.29) is 0 Å². The molecule has 1 unspecified atom stereocenters. The van der Waals surface area contributed by atoms with Crippen molar-refractivity contribution in [1.29, 1.82) is 0 Å². The lowest BCUT2D eigenvalue weighted by atomic mass is 9.95. The highest BCUT2D eigenvalue weighted by molar-refractivity contribution is 5.84. The van der Waals surface area contributed by atoms with Crippen molar-refractivity contribution in [1.82, 2.24) is 5.43 Å². The molecule has 1 saturated carbocycles. The summed E-state index contributed by atoms with van der Waals surface area (Å²) in [5.41, 5.74) is 2.79. The molecule has 16 heavy (non-hydrogen) atoms. The van der Waals surface area contributed by atoms with E-state index in [0.29, 0.717) is 12.0 Å². The second-order valence-electron chi connectivity index (χ2n) is 4.86. The highest BCUT2D eigenvalue weighted by Gasteiger charge is 2.21. The molecule has 0 radical (unpaired) electrons. The van der Waals surface area contributed by atoms with Crippen molar-refractivity contribution in [2.24, 2.45) is 16.8 Å². The van der Waals surface area contributed by atoms with Gasteiger partial charge in [0.2, 0.25) is 0 Å². The molecule has 1 atom stereocenters. The van der Waals surface area contributed by atoms with Crippen LogP contribution < -0.4 is 11.3 Å². The van der Waals surface area contributed by atoms with E-state index in [2.05, 4.69) is 5.43 Å². The Bertz CT molecular complexity index is 230. The largest absolute Gasteiger partial charge is 0.381 e. The Hall–Kier alpha value is -0.610. The van der Waals surface area contributed by atoms with Gasteiger partial charge in [-0.3, -0.25) is 4.99 Å². The first-order valence-electron chi connectivity index (χ1n) is 6.52. The van der Waals surface area contributed by atoms with Crippen LogP contribution in [0.25, 0.3) is 0 Å². The van der Waals surface area contributed by atoms with Crippen LogP contribution in [0.4, 0.5) is 0 Å². The zero-order valence-electron chi connectivity index (χ0n) is 9.95. The van der Waals surface area contributed by atoms with Gasteiger partial charge in [-0.1, -0.05) is 19.3 Å². The molecule has 4 heteroatoms. The Balaban J connectivity index is 1.93. The standard InChI is InChI=1S/C12H23N3O/c13-15-12(10-5-4-8-16-9-10)14-11-6-2-1-3-7-11/h10-11H,1-9,13H2,(H,14,15). The van der Waals surface area contributed by atoms with Crippen LogP contribution in [0.3, 0.4) is 0 Å². The van der Waals surface area contributed by atoms with Gasteiger partial charge in [0.05, 0.1) is 12.6 Å². The van der Waals surface area contributed by atoms with Crippen LogP contribution in [0.15, 0.2) is 4.99 Å². The SMILES string of the molecule is NNC(=NC1CCCCC1)C1CCCOC1. The van der Waals surface area contributed by atoms with Gasteiger partial charge >= 0.3 is 0 Å². The molecule has 0 bridgehead atoms. The number of nitrogens with one attached hydrogen (secondary N) is 1. The molecule has 2 rings (SSSR count). The summed E-state index contributed by atoms with van der Waals surface area (Å²) < 4.78 is 5.48. The van der Waals surface area contributed by atoms with Gasteiger partial charge in [-0.25, -0.2) is 5.84 Å². The topological polar surface area (TPSA) is 59.6 Å². The van der Waals surface area contributed by atoms with Crippen molar-refractivity contribution in [3.63, 3.8) is 0 Å². The minimum absolute atomic E-state index is 0.390. The smallest absolute Gasteiger partial charge is 0.116 e. The number of hydrogen-bond acceptors (Lipinski definition) is 3. The van der Waals surface area contributed by atoms with E-state index in [0.717, 1.165) is 31.9 Å². The summed E-state index contributed by atoms with van der Waals surface area (Å²) in [6, 6.07) is 0.488. The van der Waals surface area contributed by atoms with Crippen LogP contribution in [0.1, 0.15) is 44.9 Å². The molecule has 1 saturated heterocycles. The van der Waals surface area contributed by atoms with E-state index in [9.17, 15) is 0 Å². The summed E-state index contributed by atoms with van der Waals surface area (Å²) in [7, 11) is 0. The lowest BCUT2D eigenvalue weighted by Crippen LogP contribution is -2.40. The quantitative estimate of drug-likeness (QED) is 0.325. The van der Waals surface area contributed by atoms with Crippen molar-refractivity contribution in [2.75, 3.05) is 13.2 Å². The molecular formula is C12H23N3O. The summed E-state index contributed by atoms with van der Waals surface area (Å²) in [4.78, 5) is 4.78. The Labute approximate surface area is 97.6 Å². The number of nitrogens with zero attached hydrogens (tertiary/aromatic N) is 1. The van der Waals surface area contributed by atoms with E-state index in [1.807, 2.05) is 0 Å². The van der Waals surface area contributed by atoms with Gasteiger partial charge in [0.15, 0.2) is 0 Å². The molecule has 4 nitrogen and oxygen atoms in total. The molecule has 1 heterocycles. The van der Waals surface area contributed by atoms with E-state index < -0.39 is 0 Å². The third kappa shape index (κ3) is 3.19. The molecule has 0 amide bonds. The maximum absolute atomic E-state index is 5.58. The number of hydrazine groups is 1. The highest BCUT2D eigenvalue weighted by atomic mass is 16.5. The minimum atomic E-state index is 0.390. The Morgan fingerprint density at radius 1 is 1.12 bits per heavy atom. The molecule has 0 aromatic carbocycles. The second kappa shape index (κ2) is 6.21. The predicted octanol–water partition coefficient (Wildman–Crippen LogP) is 1.61. The summed E-state index contributed by atoms with van der Waals surface area (Å²) in [5, 5.41) is 0.